The molecule has 0 spiro atoms. The summed E-state index contributed by atoms with van der Waals surface area (Å²) < 4.78 is 0. The molecule has 0 aliphatic heterocycles. The van der Waals surface area contributed by atoms with Crippen LogP contribution >= 0.6 is 0 Å². The van der Waals surface area contributed by atoms with Gasteiger partial charge in [-0.25, -0.2) is 4.85 Å². The lowest BCUT2D eigenvalue weighted by Crippen LogP contribution is -2.35. The number of anilines is 4. The maximum absolute atomic E-state index is 11.2. The monoisotopic (exact) mass is 892 g/mol. The minimum absolute atomic E-state index is 0.0339. The second-order valence-corrected chi connectivity index (χ2v) is 17.8. The van der Waals surface area contributed by atoms with Gasteiger partial charge in [-0.2, -0.15) is 5.26 Å². The summed E-state index contributed by atoms with van der Waals surface area (Å²) in [5, 5.41) is 11.2. The van der Waals surface area contributed by atoms with Gasteiger partial charge in [0.2, 0.25) is 5.69 Å². The molecular weight excluding hydrogens is 849 g/mol. The van der Waals surface area contributed by atoms with Crippen LogP contribution in [0.15, 0.2) is 289 Å². The van der Waals surface area contributed by atoms with Crippen LogP contribution in [0.1, 0.15) is 5.56 Å². The number of nitriles is 1. The van der Waals surface area contributed by atoms with Crippen LogP contribution in [0.4, 0.5) is 28.4 Å². The zero-order valence-electron chi connectivity index (χ0n) is 38.2. The third-order valence-electron chi connectivity index (χ3n) is 13.9. The molecule has 4 aliphatic rings. The molecular formula is C66H44N4. The fourth-order valence-electron chi connectivity index (χ4n) is 10.7. The summed E-state index contributed by atoms with van der Waals surface area (Å²) in [5.74, 6) is -0.0686. The molecule has 2 atom stereocenters. The van der Waals surface area contributed by atoms with E-state index in [1.807, 2.05) is 72.8 Å². The van der Waals surface area contributed by atoms with E-state index in [1.165, 1.54) is 22.3 Å². The molecule has 8 aromatic rings. The Morgan fingerprint density at radius 3 is 1.46 bits per heavy atom. The minimum atomic E-state index is -0.0347. The number of hydrogen-bond acceptors (Lipinski definition) is 3. The van der Waals surface area contributed by atoms with Crippen LogP contribution in [0.25, 0.3) is 49.4 Å². The first-order valence-corrected chi connectivity index (χ1v) is 23.7. The highest BCUT2D eigenvalue weighted by molar-refractivity contribution is 5.98. The second-order valence-electron chi connectivity index (χ2n) is 17.8. The van der Waals surface area contributed by atoms with Gasteiger partial charge < -0.3 is 9.80 Å². The summed E-state index contributed by atoms with van der Waals surface area (Å²) in [4.78, 5) is 8.95. The Balaban J connectivity index is 1.05. The molecule has 4 nitrogen and oxygen atoms in total. The summed E-state index contributed by atoms with van der Waals surface area (Å²) in [6, 6.07) is 73.7. The van der Waals surface area contributed by atoms with E-state index in [0.29, 0.717) is 11.3 Å². The Kier molecular flexibility index (Phi) is 10.8. The predicted molar refractivity (Wildman–Crippen MR) is 287 cm³/mol. The lowest BCUT2D eigenvalue weighted by Gasteiger charge is -2.45. The van der Waals surface area contributed by atoms with E-state index in [9.17, 15) is 5.26 Å². The molecule has 328 valence electrons. The third-order valence-corrected chi connectivity index (χ3v) is 13.9. The van der Waals surface area contributed by atoms with Crippen LogP contribution in [0.3, 0.4) is 0 Å². The van der Waals surface area contributed by atoms with Gasteiger partial charge in [0, 0.05) is 34.5 Å². The highest BCUT2D eigenvalue weighted by atomic mass is 15.2. The summed E-state index contributed by atoms with van der Waals surface area (Å²) in [6.07, 6.45) is 18.2. The molecule has 0 amide bonds. The number of para-hydroxylation sites is 2. The number of nitrogens with zero attached hydrogens (tertiary/aromatic N) is 4. The van der Waals surface area contributed by atoms with Crippen LogP contribution in [0.2, 0.25) is 0 Å². The molecule has 0 saturated heterocycles. The molecule has 12 rings (SSSR count). The van der Waals surface area contributed by atoms with Gasteiger partial charge in [0.05, 0.1) is 29.2 Å². The smallest absolute Gasteiger partial charge is 0.211 e. The van der Waals surface area contributed by atoms with Crippen molar-refractivity contribution in [1.29, 1.82) is 5.26 Å². The van der Waals surface area contributed by atoms with Gasteiger partial charge in [-0.3, -0.25) is 0 Å². The van der Waals surface area contributed by atoms with Gasteiger partial charge in [-0.05, 0) is 122 Å². The summed E-state index contributed by atoms with van der Waals surface area (Å²) >= 11 is 0. The highest BCUT2D eigenvalue weighted by Crippen LogP contribution is 2.56. The van der Waals surface area contributed by atoms with E-state index in [1.54, 1.807) is 0 Å². The molecule has 0 aromatic heterocycles. The van der Waals surface area contributed by atoms with Crippen LogP contribution in [-0.4, -0.2) is 0 Å². The quantitative estimate of drug-likeness (QED) is 0.128. The molecule has 4 aliphatic carbocycles. The minimum Gasteiger partial charge on any atom is -0.319 e. The lowest BCUT2D eigenvalue weighted by molar-refractivity contribution is 0.551. The van der Waals surface area contributed by atoms with E-state index >= 15 is 0 Å². The third kappa shape index (κ3) is 7.33. The normalized spacial score (nSPS) is 16.1. The van der Waals surface area contributed by atoms with E-state index in [0.717, 1.165) is 78.7 Å². The van der Waals surface area contributed by atoms with Crippen LogP contribution in [0, 0.1) is 29.7 Å². The lowest BCUT2D eigenvalue weighted by atomic mass is 9.63. The van der Waals surface area contributed by atoms with Crippen molar-refractivity contribution in [3.05, 3.63) is 306 Å². The predicted octanol–water partition coefficient (Wildman–Crippen LogP) is 17.1. The first kappa shape index (κ1) is 41.9. The van der Waals surface area contributed by atoms with Gasteiger partial charge in [0.25, 0.3) is 0 Å². The van der Waals surface area contributed by atoms with Gasteiger partial charge in [0.1, 0.15) is 6.07 Å². The summed E-state index contributed by atoms with van der Waals surface area (Å²) in [6.45, 7) is 8.80. The molecule has 0 N–H and O–H groups in total. The standard InChI is InChI=1S/C66H44N4/c1-68-60-43-52(46-22-10-3-11-23-46)42-59(48-26-14-5-15-27-48)66(60)70(55-30-18-7-19-31-55)62-39-35-50-32-36-56-61(38-34-49-33-37-57(62)64(50)63(49)56)69(54-28-16-6-17-29-54)65-53(44-67)40-51(45-20-8-2-9-21-45)41-58(65)47-24-12-4-13-25-47/h2-43,63-64H. The molecule has 4 heteroatoms. The maximum Gasteiger partial charge on any atom is 0.211 e. The Morgan fingerprint density at radius 2 is 0.900 bits per heavy atom. The van der Waals surface area contributed by atoms with Crippen molar-refractivity contribution in [3.8, 4) is 50.6 Å². The zero-order chi connectivity index (χ0) is 47.0. The highest BCUT2D eigenvalue weighted by Gasteiger charge is 2.43. The Bertz CT molecular complexity index is 3640. The van der Waals surface area contributed by atoms with Crippen molar-refractivity contribution in [1.82, 2.24) is 0 Å². The van der Waals surface area contributed by atoms with Crippen molar-refractivity contribution in [2.24, 2.45) is 11.8 Å². The Morgan fingerprint density at radius 1 is 0.429 bits per heavy atom. The SMILES string of the molecule is [C-]#[N+]c1cc(-c2ccccc2)cc(-c2ccccc2)c1N(C1=CC=C2C=CC3=C(N(c4ccccc4)c4c(C#N)cc(-c5ccccc5)cc4-c4ccccc4)C=CC4=CC=C1C2C43)c1ccccc1. The van der Waals surface area contributed by atoms with Crippen LogP contribution < -0.4 is 9.80 Å². The Labute approximate surface area is 409 Å². The van der Waals surface area contributed by atoms with E-state index < -0.39 is 0 Å². The summed E-state index contributed by atoms with van der Waals surface area (Å²) in [7, 11) is 0. The summed E-state index contributed by atoms with van der Waals surface area (Å²) in [5.41, 5.74) is 19.7. The average molecular weight is 893 g/mol. The van der Waals surface area contributed by atoms with E-state index in [-0.39, 0.29) is 11.8 Å². The Hall–Kier alpha value is -9.48. The zero-order valence-corrected chi connectivity index (χ0v) is 38.2. The fraction of sp³-hybridized carbons (Fsp3) is 0.0303. The topological polar surface area (TPSA) is 34.6 Å². The molecule has 0 saturated carbocycles. The van der Waals surface area contributed by atoms with Crippen molar-refractivity contribution in [2.75, 3.05) is 9.80 Å². The van der Waals surface area contributed by atoms with Crippen molar-refractivity contribution >= 4 is 28.4 Å². The van der Waals surface area contributed by atoms with Gasteiger partial charge in [0.15, 0.2) is 0 Å². The number of allylic oxidation sites excluding steroid dienone is 12. The molecule has 8 aromatic carbocycles. The molecule has 2 unspecified atom stereocenters. The number of rotatable bonds is 10. The molecule has 70 heavy (non-hydrogen) atoms. The largest absolute Gasteiger partial charge is 0.319 e. The average Bonchev–Trinajstić information content (AvgIpc) is 3.44. The number of hydrogen-bond donors (Lipinski definition) is 0. The van der Waals surface area contributed by atoms with Crippen molar-refractivity contribution in [2.45, 2.75) is 0 Å². The molecule has 0 fully saturated rings. The van der Waals surface area contributed by atoms with E-state index in [4.69, 9.17) is 6.57 Å². The first-order valence-electron chi connectivity index (χ1n) is 23.7. The van der Waals surface area contributed by atoms with Crippen LogP contribution in [0.5, 0.6) is 0 Å². The van der Waals surface area contributed by atoms with Gasteiger partial charge in [-0.15, -0.1) is 0 Å². The maximum atomic E-state index is 11.2. The van der Waals surface area contributed by atoms with Crippen molar-refractivity contribution < 1.29 is 0 Å². The molecule has 0 bridgehead atoms. The molecule has 0 radical (unpaired) electrons. The van der Waals surface area contributed by atoms with E-state index in [2.05, 4.69) is 203 Å². The van der Waals surface area contributed by atoms with Gasteiger partial charge >= 0.3 is 0 Å². The first-order chi connectivity index (χ1) is 34.7. The molecule has 0 heterocycles. The fourth-order valence-corrected chi connectivity index (χ4v) is 10.7. The van der Waals surface area contributed by atoms with Crippen LogP contribution in [-0.2, 0) is 0 Å². The van der Waals surface area contributed by atoms with Gasteiger partial charge in [-0.1, -0.05) is 194 Å². The second kappa shape index (κ2) is 18.0. The van der Waals surface area contributed by atoms with Crippen molar-refractivity contribution in [3.63, 3.8) is 0 Å². The number of benzene rings is 8.